The van der Waals surface area contributed by atoms with Crippen molar-refractivity contribution < 1.29 is 14.3 Å². The summed E-state index contributed by atoms with van der Waals surface area (Å²) < 4.78 is 5.24. The van der Waals surface area contributed by atoms with Crippen molar-refractivity contribution in [2.24, 2.45) is 5.92 Å². The van der Waals surface area contributed by atoms with Gasteiger partial charge in [0.1, 0.15) is 5.54 Å². The van der Waals surface area contributed by atoms with Crippen LogP contribution >= 0.6 is 0 Å². The Hall–Kier alpha value is -2.35. The molecule has 5 heteroatoms. The molecule has 0 aliphatic carbocycles. The quantitative estimate of drug-likeness (QED) is 0.847. The van der Waals surface area contributed by atoms with Crippen LogP contribution in [0.2, 0.25) is 0 Å². The molecular weight excluding hydrogens is 292 g/mol. The van der Waals surface area contributed by atoms with Crippen molar-refractivity contribution in [1.82, 2.24) is 5.32 Å². The lowest BCUT2D eigenvalue weighted by atomic mass is 9.90. The second kappa shape index (κ2) is 7.28. The Morgan fingerprint density at radius 1 is 1.26 bits per heavy atom. The van der Waals surface area contributed by atoms with Gasteiger partial charge in [-0.1, -0.05) is 26.0 Å². The molecule has 0 spiro atoms. The minimum Gasteiger partial charge on any atom is -0.449 e. The molecular formula is C18H24N2O3. The first-order valence-electron chi connectivity index (χ1n) is 7.63. The Balaban J connectivity index is 2.81. The summed E-state index contributed by atoms with van der Waals surface area (Å²) in [7, 11) is 0. The summed E-state index contributed by atoms with van der Waals surface area (Å²) >= 11 is 0. The van der Waals surface area contributed by atoms with Crippen molar-refractivity contribution in [1.29, 1.82) is 5.26 Å². The van der Waals surface area contributed by atoms with Crippen LogP contribution < -0.4 is 5.32 Å². The first-order valence-corrected chi connectivity index (χ1v) is 7.63. The molecule has 23 heavy (non-hydrogen) atoms. The van der Waals surface area contributed by atoms with Crippen LogP contribution in [-0.4, -0.2) is 23.5 Å². The molecule has 1 N–H and O–H groups in total. The number of benzene rings is 1. The molecule has 2 unspecified atom stereocenters. The lowest BCUT2D eigenvalue weighted by Crippen LogP contribution is -2.52. The number of nitrogens with zero attached hydrogens (tertiary/aromatic N) is 1. The molecule has 0 bridgehead atoms. The van der Waals surface area contributed by atoms with E-state index in [1.54, 1.807) is 19.1 Å². The molecule has 0 aromatic heterocycles. The summed E-state index contributed by atoms with van der Waals surface area (Å²) in [6, 6.07) is 7.44. The van der Waals surface area contributed by atoms with Crippen molar-refractivity contribution in [2.75, 3.05) is 0 Å². The van der Waals surface area contributed by atoms with Gasteiger partial charge in [0.2, 0.25) is 0 Å². The molecule has 1 rings (SSSR count). The summed E-state index contributed by atoms with van der Waals surface area (Å²) in [5, 5.41) is 11.9. The van der Waals surface area contributed by atoms with Gasteiger partial charge < -0.3 is 10.1 Å². The number of rotatable bonds is 5. The molecule has 0 saturated carbocycles. The highest BCUT2D eigenvalue weighted by atomic mass is 16.5. The number of carbonyl (C=O) groups is 2. The lowest BCUT2D eigenvalue weighted by molar-refractivity contribution is -0.130. The van der Waals surface area contributed by atoms with Gasteiger partial charge in [-0.25, -0.2) is 4.79 Å². The van der Waals surface area contributed by atoms with Crippen LogP contribution in [0.4, 0.5) is 0 Å². The Labute approximate surface area is 137 Å². The maximum absolute atomic E-state index is 12.2. The SMILES string of the molecule is Cc1cccc(C(=O)OC(C)C(=O)NC(C)(C#N)C(C)C)c1C. The third-order valence-corrected chi connectivity index (χ3v) is 4.25. The van der Waals surface area contributed by atoms with E-state index in [9.17, 15) is 14.9 Å². The van der Waals surface area contributed by atoms with Crippen LogP contribution in [0.3, 0.4) is 0 Å². The van der Waals surface area contributed by atoms with Crippen molar-refractivity contribution in [3.8, 4) is 6.07 Å². The largest absolute Gasteiger partial charge is 0.449 e. The van der Waals surface area contributed by atoms with Crippen molar-refractivity contribution in [3.05, 3.63) is 34.9 Å². The van der Waals surface area contributed by atoms with Crippen LogP contribution in [0, 0.1) is 31.1 Å². The highest BCUT2D eigenvalue weighted by Gasteiger charge is 2.32. The maximum Gasteiger partial charge on any atom is 0.339 e. The Bertz CT molecular complexity index is 646. The lowest BCUT2D eigenvalue weighted by Gasteiger charge is -2.28. The van der Waals surface area contributed by atoms with Gasteiger partial charge in [0, 0.05) is 0 Å². The zero-order valence-corrected chi connectivity index (χ0v) is 14.6. The fraction of sp³-hybridized carbons (Fsp3) is 0.500. The van der Waals surface area contributed by atoms with Gasteiger partial charge in [-0.05, 0) is 50.8 Å². The summed E-state index contributed by atoms with van der Waals surface area (Å²) in [4.78, 5) is 24.4. The van der Waals surface area contributed by atoms with Gasteiger partial charge in [-0.3, -0.25) is 4.79 Å². The fourth-order valence-electron chi connectivity index (χ4n) is 1.91. The molecule has 5 nitrogen and oxygen atoms in total. The van der Waals surface area contributed by atoms with E-state index in [0.717, 1.165) is 11.1 Å². The average Bonchev–Trinajstić information content (AvgIpc) is 2.49. The molecule has 1 aromatic rings. The summed E-state index contributed by atoms with van der Waals surface area (Å²) in [6.07, 6.45) is -0.978. The number of ether oxygens (including phenoxy) is 1. The minimum absolute atomic E-state index is 0.0710. The number of aryl methyl sites for hydroxylation is 1. The van der Waals surface area contributed by atoms with E-state index in [1.807, 2.05) is 33.8 Å². The van der Waals surface area contributed by atoms with Crippen LogP contribution in [-0.2, 0) is 9.53 Å². The standard InChI is InChI=1S/C18H24N2O3/c1-11(2)18(6,10-19)20-16(21)14(5)23-17(22)15-9-7-8-12(3)13(15)4/h7-9,11,14H,1-6H3,(H,20,21). The van der Waals surface area contributed by atoms with Crippen molar-refractivity contribution >= 4 is 11.9 Å². The van der Waals surface area contributed by atoms with E-state index >= 15 is 0 Å². The van der Waals surface area contributed by atoms with Gasteiger partial charge in [-0.2, -0.15) is 5.26 Å². The first-order chi connectivity index (χ1) is 10.6. The summed E-state index contributed by atoms with van der Waals surface area (Å²) in [5.74, 6) is -1.10. The third-order valence-electron chi connectivity index (χ3n) is 4.25. The molecule has 0 fully saturated rings. The van der Waals surface area contributed by atoms with E-state index in [0.29, 0.717) is 5.56 Å². The molecule has 0 aliphatic heterocycles. The zero-order valence-electron chi connectivity index (χ0n) is 14.6. The van der Waals surface area contributed by atoms with Gasteiger partial charge >= 0.3 is 5.97 Å². The molecule has 0 aliphatic rings. The predicted molar refractivity (Wildman–Crippen MR) is 87.8 cm³/mol. The number of esters is 1. The van der Waals surface area contributed by atoms with E-state index < -0.39 is 23.5 Å². The van der Waals surface area contributed by atoms with Gasteiger partial charge in [0.15, 0.2) is 6.10 Å². The smallest absolute Gasteiger partial charge is 0.339 e. The second-order valence-corrected chi connectivity index (χ2v) is 6.25. The van der Waals surface area contributed by atoms with E-state index in [2.05, 4.69) is 11.4 Å². The minimum atomic E-state index is -1.00. The normalized spacial score (nSPS) is 14.5. The number of hydrogen-bond donors (Lipinski definition) is 1. The monoisotopic (exact) mass is 316 g/mol. The second-order valence-electron chi connectivity index (χ2n) is 6.25. The first kappa shape index (κ1) is 18.7. The summed E-state index contributed by atoms with van der Waals surface area (Å²) in [6.45, 7) is 10.6. The maximum atomic E-state index is 12.2. The van der Waals surface area contributed by atoms with Crippen LogP contribution in [0.5, 0.6) is 0 Å². The Morgan fingerprint density at radius 2 is 1.87 bits per heavy atom. The van der Waals surface area contributed by atoms with Crippen LogP contribution in [0.1, 0.15) is 49.2 Å². The van der Waals surface area contributed by atoms with E-state index in [4.69, 9.17) is 4.74 Å². The predicted octanol–water partition coefficient (Wildman–Crippen LogP) is 2.90. The van der Waals surface area contributed by atoms with Gasteiger partial charge in [-0.15, -0.1) is 0 Å². The highest BCUT2D eigenvalue weighted by Crippen LogP contribution is 2.17. The highest BCUT2D eigenvalue weighted by molar-refractivity contribution is 5.93. The number of nitrogens with one attached hydrogen (secondary N) is 1. The third kappa shape index (κ3) is 4.32. The van der Waals surface area contributed by atoms with Crippen molar-refractivity contribution in [3.63, 3.8) is 0 Å². The molecule has 0 heterocycles. The fourth-order valence-corrected chi connectivity index (χ4v) is 1.91. The number of nitriles is 1. The van der Waals surface area contributed by atoms with Crippen molar-refractivity contribution in [2.45, 2.75) is 53.2 Å². The van der Waals surface area contributed by atoms with Gasteiger partial charge in [0.05, 0.1) is 11.6 Å². The van der Waals surface area contributed by atoms with Crippen LogP contribution in [0.15, 0.2) is 18.2 Å². The number of hydrogen-bond acceptors (Lipinski definition) is 4. The zero-order chi connectivity index (χ0) is 17.8. The molecule has 124 valence electrons. The Kier molecular flexibility index (Phi) is 5.91. The molecule has 2 atom stereocenters. The number of amides is 1. The van der Waals surface area contributed by atoms with Crippen LogP contribution in [0.25, 0.3) is 0 Å². The van der Waals surface area contributed by atoms with E-state index in [-0.39, 0.29) is 5.92 Å². The average molecular weight is 316 g/mol. The molecule has 0 radical (unpaired) electrons. The molecule has 1 aromatic carbocycles. The molecule has 1 amide bonds. The van der Waals surface area contributed by atoms with Gasteiger partial charge in [0.25, 0.3) is 5.91 Å². The topological polar surface area (TPSA) is 79.2 Å². The van der Waals surface area contributed by atoms with E-state index in [1.165, 1.54) is 6.92 Å². The molecule has 0 saturated heterocycles. The summed E-state index contributed by atoms with van der Waals surface area (Å²) in [5.41, 5.74) is 1.25. The Morgan fingerprint density at radius 3 is 2.39 bits per heavy atom. The number of carbonyl (C=O) groups excluding carboxylic acids is 2.